The summed E-state index contributed by atoms with van der Waals surface area (Å²) in [5.74, 6) is 5.33. The quantitative estimate of drug-likeness (QED) is 0.474. The van der Waals surface area contributed by atoms with E-state index in [0.717, 1.165) is 25.8 Å². The molecule has 0 spiro atoms. The number of nitrogens with one attached hydrogen (secondary N) is 1. The molecule has 0 heterocycles. The van der Waals surface area contributed by atoms with Gasteiger partial charge in [-0.3, -0.25) is 10.6 Å². The minimum absolute atomic E-state index is 0.0680. The van der Waals surface area contributed by atoms with E-state index in [2.05, 4.69) is 12.3 Å². The van der Waals surface area contributed by atoms with Crippen molar-refractivity contribution >= 4 is 23.2 Å². The van der Waals surface area contributed by atoms with E-state index in [0.29, 0.717) is 16.3 Å². The molecule has 3 N–H and O–H groups in total. The van der Waals surface area contributed by atoms with Crippen LogP contribution in [0.1, 0.15) is 36.5 Å². The first-order valence-corrected chi connectivity index (χ1v) is 6.49. The Kier molecular flexibility index (Phi) is 5.95. The Morgan fingerprint density at radius 3 is 2.78 bits per heavy atom. The van der Waals surface area contributed by atoms with Crippen LogP contribution in [0.15, 0.2) is 18.2 Å². The van der Waals surface area contributed by atoms with Crippen LogP contribution < -0.4 is 11.3 Å². The van der Waals surface area contributed by atoms with Crippen molar-refractivity contribution in [1.29, 1.82) is 0 Å². The average Bonchev–Trinajstić information content (AvgIpc) is 2.38. The van der Waals surface area contributed by atoms with E-state index < -0.39 is 0 Å². The Bertz CT molecular complexity index is 409. The van der Waals surface area contributed by atoms with Crippen LogP contribution in [-0.4, -0.2) is 24.4 Å². The van der Waals surface area contributed by atoms with Gasteiger partial charge in [0.15, 0.2) is 0 Å². The molecule has 0 bridgehead atoms. The van der Waals surface area contributed by atoms with Gasteiger partial charge in [-0.1, -0.05) is 31.4 Å². The zero-order valence-electron chi connectivity index (χ0n) is 10.9. The molecule has 1 aromatic rings. The smallest absolute Gasteiger partial charge is 0.255 e. The number of hydrogen-bond acceptors (Lipinski definition) is 3. The molecule has 0 unspecified atom stereocenters. The molecule has 5 heteroatoms. The number of rotatable bonds is 6. The lowest BCUT2D eigenvalue weighted by atomic mass is 10.1. The maximum absolute atomic E-state index is 12.2. The van der Waals surface area contributed by atoms with Crippen LogP contribution in [0.25, 0.3) is 0 Å². The van der Waals surface area contributed by atoms with Gasteiger partial charge in [-0.15, -0.1) is 0 Å². The minimum Gasteiger partial charge on any atom is -0.342 e. The molecule has 4 nitrogen and oxygen atoms in total. The molecule has 0 aliphatic heterocycles. The lowest BCUT2D eigenvalue weighted by molar-refractivity contribution is 0.0793. The third-order valence-electron chi connectivity index (χ3n) is 2.81. The fraction of sp³-hybridized carbons (Fsp3) is 0.462. The number of hydrazine groups is 1. The van der Waals surface area contributed by atoms with Crippen LogP contribution in [-0.2, 0) is 0 Å². The molecular formula is C13H20ClN3O. The molecule has 18 heavy (non-hydrogen) atoms. The number of carbonyl (C=O) groups excluding carboxylic acids is 1. The molecule has 0 radical (unpaired) electrons. The van der Waals surface area contributed by atoms with Crippen molar-refractivity contribution in [3.63, 3.8) is 0 Å². The highest BCUT2D eigenvalue weighted by Gasteiger charge is 2.15. The second kappa shape index (κ2) is 7.24. The summed E-state index contributed by atoms with van der Waals surface area (Å²) in [4.78, 5) is 13.9. The minimum atomic E-state index is -0.0680. The van der Waals surface area contributed by atoms with Crippen LogP contribution in [0.4, 0.5) is 5.69 Å². The number of unbranched alkanes of at least 4 members (excludes halogenated alkanes) is 2. The highest BCUT2D eigenvalue weighted by Crippen LogP contribution is 2.21. The number of halogens is 1. The first kappa shape index (κ1) is 14.8. The van der Waals surface area contributed by atoms with Crippen molar-refractivity contribution in [2.75, 3.05) is 19.0 Å². The highest BCUT2D eigenvalue weighted by molar-refractivity contribution is 6.31. The van der Waals surface area contributed by atoms with Gasteiger partial charge in [0.05, 0.1) is 11.3 Å². The van der Waals surface area contributed by atoms with Crippen molar-refractivity contribution in [2.24, 2.45) is 5.84 Å². The molecular weight excluding hydrogens is 250 g/mol. The molecule has 1 aromatic carbocycles. The van der Waals surface area contributed by atoms with E-state index in [-0.39, 0.29) is 5.91 Å². The van der Waals surface area contributed by atoms with Gasteiger partial charge in [0.1, 0.15) is 0 Å². The van der Waals surface area contributed by atoms with Gasteiger partial charge >= 0.3 is 0 Å². The van der Waals surface area contributed by atoms with E-state index in [1.54, 1.807) is 30.1 Å². The van der Waals surface area contributed by atoms with Crippen LogP contribution >= 0.6 is 11.6 Å². The molecule has 1 rings (SSSR count). The SMILES string of the molecule is CCCCCN(C)C(=O)c1cc(Cl)ccc1NN. The average molecular weight is 270 g/mol. The Hall–Kier alpha value is -1.26. The fourth-order valence-electron chi connectivity index (χ4n) is 1.73. The van der Waals surface area contributed by atoms with Gasteiger partial charge in [0.2, 0.25) is 0 Å². The lowest BCUT2D eigenvalue weighted by Crippen LogP contribution is -2.29. The Labute approximate surface area is 113 Å². The van der Waals surface area contributed by atoms with Crippen molar-refractivity contribution in [2.45, 2.75) is 26.2 Å². The molecule has 0 aliphatic rings. The van der Waals surface area contributed by atoms with Crippen molar-refractivity contribution < 1.29 is 4.79 Å². The molecule has 0 saturated heterocycles. The van der Waals surface area contributed by atoms with E-state index in [1.165, 1.54) is 0 Å². The number of carbonyl (C=O) groups is 1. The van der Waals surface area contributed by atoms with E-state index >= 15 is 0 Å². The van der Waals surface area contributed by atoms with E-state index in [9.17, 15) is 4.79 Å². The monoisotopic (exact) mass is 269 g/mol. The van der Waals surface area contributed by atoms with Gasteiger partial charge in [0, 0.05) is 18.6 Å². The summed E-state index contributed by atoms with van der Waals surface area (Å²) in [6, 6.07) is 5.04. The molecule has 0 aliphatic carbocycles. The first-order chi connectivity index (χ1) is 8.60. The summed E-state index contributed by atoms with van der Waals surface area (Å²) >= 11 is 5.91. The number of nitrogens with two attached hydrogens (primary N) is 1. The largest absolute Gasteiger partial charge is 0.342 e. The van der Waals surface area contributed by atoms with Crippen LogP contribution in [0.5, 0.6) is 0 Å². The first-order valence-electron chi connectivity index (χ1n) is 6.11. The van der Waals surface area contributed by atoms with Crippen molar-refractivity contribution in [1.82, 2.24) is 4.90 Å². The van der Waals surface area contributed by atoms with Crippen molar-refractivity contribution in [3.05, 3.63) is 28.8 Å². The Morgan fingerprint density at radius 2 is 2.17 bits per heavy atom. The van der Waals surface area contributed by atoms with Crippen LogP contribution in [0.2, 0.25) is 5.02 Å². The number of nitrogen functional groups attached to an aromatic ring is 1. The second-order valence-corrected chi connectivity index (χ2v) is 4.70. The number of nitrogens with zero attached hydrogens (tertiary/aromatic N) is 1. The number of hydrogen-bond donors (Lipinski definition) is 2. The fourth-order valence-corrected chi connectivity index (χ4v) is 1.90. The maximum Gasteiger partial charge on any atom is 0.255 e. The van der Waals surface area contributed by atoms with Crippen LogP contribution in [0, 0.1) is 0 Å². The predicted molar refractivity (Wildman–Crippen MR) is 75.7 cm³/mol. The zero-order valence-corrected chi connectivity index (χ0v) is 11.6. The Balaban J connectivity index is 2.79. The number of benzene rings is 1. The van der Waals surface area contributed by atoms with E-state index in [4.69, 9.17) is 17.4 Å². The third kappa shape index (κ3) is 3.89. The topological polar surface area (TPSA) is 58.4 Å². The van der Waals surface area contributed by atoms with Crippen LogP contribution in [0.3, 0.4) is 0 Å². The Morgan fingerprint density at radius 1 is 1.44 bits per heavy atom. The van der Waals surface area contributed by atoms with Gasteiger partial charge in [0.25, 0.3) is 5.91 Å². The second-order valence-electron chi connectivity index (χ2n) is 4.27. The molecule has 0 saturated carbocycles. The van der Waals surface area contributed by atoms with Gasteiger partial charge in [-0.2, -0.15) is 0 Å². The predicted octanol–water partition coefficient (Wildman–Crippen LogP) is 2.89. The number of amides is 1. The molecule has 0 atom stereocenters. The van der Waals surface area contributed by atoms with E-state index in [1.807, 2.05) is 0 Å². The highest BCUT2D eigenvalue weighted by atomic mass is 35.5. The summed E-state index contributed by atoms with van der Waals surface area (Å²) in [7, 11) is 1.79. The van der Waals surface area contributed by atoms with Gasteiger partial charge in [-0.05, 0) is 24.6 Å². The summed E-state index contributed by atoms with van der Waals surface area (Å²) in [6.45, 7) is 2.87. The molecule has 0 fully saturated rings. The van der Waals surface area contributed by atoms with Gasteiger partial charge < -0.3 is 10.3 Å². The molecule has 1 amide bonds. The molecule has 100 valence electrons. The lowest BCUT2D eigenvalue weighted by Gasteiger charge is -2.19. The zero-order chi connectivity index (χ0) is 13.5. The molecule has 0 aromatic heterocycles. The van der Waals surface area contributed by atoms with Gasteiger partial charge in [-0.25, -0.2) is 0 Å². The standard InChI is InChI=1S/C13H20ClN3O/c1-3-4-5-8-17(2)13(18)11-9-10(14)6-7-12(11)16-15/h6-7,9,16H,3-5,8,15H2,1-2H3. The summed E-state index contributed by atoms with van der Waals surface area (Å²) in [6.07, 6.45) is 3.26. The normalized spacial score (nSPS) is 10.2. The summed E-state index contributed by atoms with van der Waals surface area (Å²) < 4.78 is 0. The maximum atomic E-state index is 12.2. The number of anilines is 1. The van der Waals surface area contributed by atoms with Crippen molar-refractivity contribution in [3.8, 4) is 0 Å². The third-order valence-corrected chi connectivity index (χ3v) is 3.05. The summed E-state index contributed by atoms with van der Waals surface area (Å²) in [5, 5.41) is 0.527. The summed E-state index contributed by atoms with van der Waals surface area (Å²) in [5.41, 5.74) is 3.61.